The second kappa shape index (κ2) is 4.14. The zero-order valence-electron chi connectivity index (χ0n) is 8.65. The summed E-state index contributed by atoms with van der Waals surface area (Å²) in [6.07, 6.45) is 5.28. The standard InChI is InChI=1S/C13H11FN2/c1-9(8-11-6-7-16-13(11)15)10-2-4-12(14)5-3-10/h2-8H,1H2,(H2,15,16)/b11-8-. The molecule has 1 aliphatic heterocycles. The summed E-state index contributed by atoms with van der Waals surface area (Å²) >= 11 is 0. The Bertz CT molecular complexity index is 507. The van der Waals surface area contributed by atoms with Gasteiger partial charge in [-0.15, -0.1) is 0 Å². The van der Waals surface area contributed by atoms with Gasteiger partial charge in [0.1, 0.15) is 11.7 Å². The molecule has 0 saturated carbocycles. The number of hydrogen-bond acceptors (Lipinski definition) is 2. The van der Waals surface area contributed by atoms with E-state index in [1.54, 1.807) is 18.3 Å². The lowest BCUT2D eigenvalue weighted by molar-refractivity contribution is 0.627. The summed E-state index contributed by atoms with van der Waals surface area (Å²) in [7, 11) is 0. The van der Waals surface area contributed by atoms with Crippen LogP contribution in [0.1, 0.15) is 5.56 Å². The molecule has 0 fully saturated rings. The SMILES string of the molecule is C=C(/C=C1/C=CN=C1N)c1ccc(F)cc1. The van der Waals surface area contributed by atoms with Crippen molar-refractivity contribution in [2.45, 2.75) is 0 Å². The monoisotopic (exact) mass is 214 g/mol. The van der Waals surface area contributed by atoms with Crippen LogP contribution in [-0.2, 0) is 0 Å². The molecule has 0 amide bonds. The van der Waals surface area contributed by atoms with Gasteiger partial charge in [-0.1, -0.05) is 18.7 Å². The molecule has 3 heteroatoms. The van der Waals surface area contributed by atoms with Gasteiger partial charge in [-0.25, -0.2) is 9.38 Å². The van der Waals surface area contributed by atoms with Crippen LogP contribution in [0.15, 0.2) is 59.8 Å². The largest absolute Gasteiger partial charge is 0.383 e. The quantitative estimate of drug-likeness (QED) is 0.807. The Balaban J connectivity index is 2.24. The molecular formula is C13H11FN2. The van der Waals surface area contributed by atoms with Gasteiger partial charge in [-0.05, 0) is 35.4 Å². The number of amidine groups is 1. The van der Waals surface area contributed by atoms with Gasteiger partial charge in [-0.3, -0.25) is 0 Å². The first-order valence-corrected chi connectivity index (χ1v) is 4.83. The van der Waals surface area contributed by atoms with E-state index in [1.807, 2.05) is 12.2 Å². The zero-order chi connectivity index (χ0) is 11.5. The lowest BCUT2D eigenvalue weighted by atomic mass is 10.0. The average molecular weight is 214 g/mol. The van der Waals surface area contributed by atoms with Gasteiger partial charge in [0.25, 0.3) is 0 Å². The summed E-state index contributed by atoms with van der Waals surface area (Å²) in [6, 6.07) is 6.17. The summed E-state index contributed by atoms with van der Waals surface area (Å²) in [5.74, 6) is 0.217. The molecule has 0 bridgehead atoms. The number of nitrogens with two attached hydrogens (primary N) is 1. The molecule has 0 aromatic heterocycles. The van der Waals surface area contributed by atoms with E-state index in [1.165, 1.54) is 12.1 Å². The third kappa shape index (κ3) is 2.08. The van der Waals surface area contributed by atoms with Crippen LogP contribution in [0.25, 0.3) is 5.57 Å². The lowest BCUT2D eigenvalue weighted by Crippen LogP contribution is -2.10. The van der Waals surface area contributed by atoms with E-state index in [0.717, 1.165) is 16.7 Å². The maximum absolute atomic E-state index is 12.7. The minimum absolute atomic E-state index is 0.258. The van der Waals surface area contributed by atoms with Gasteiger partial charge in [0, 0.05) is 11.8 Å². The fraction of sp³-hybridized carbons (Fsp3) is 0. The highest BCUT2D eigenvalue weighted by Crippen LogP contribution is 2.18. The number of hydrogen-bond donors (Lipinski definition) is 1. The van der Waals surface area contributed by atoms with Crippen LogP contribution in [0.2, 0.25) is 0 Å². The normalized spacial score (nSPS) is 16.6. The van der Waals surface area contributed by atoms with Crippen molar-refractivity contribution in [1.29, 1.82) is 0 Å². The molecule has 0 spiro atoms. The zero-order valence-corrected chi connectivity index (χ0v) is 8.65. The van der Waals surface area contributed by atoms with Crippen molar-refractivity contribution in [1.82, 2.24) is 0 Å². The summed E-state index contributed by atoms with van der Waals surface area (Å²) in [4.78, 5) is 3.92. The van der Waals surface area contributed by atoms with Crippen LogP contribution < -0.4 is 5.73 Å². The van der Waals surface area contributed by atoms with Gasteiger partial charge in [0.15, 0.2) is 0 Å². The van der Waals surface area contributed by atoms with Gasteiger partial charge in [0.2, 0.25) is 0 Å². The molecule has 1 aliphatic rings. The molecule has 0 unspecified atom stereocenters. The van der Waals surface area contributed by atoms with Crippen molar-refractivity contribution < 1.29 is 4.39 Å². The predicted molar refractivity (Wildman–Crippen MR) is 64.3 cm³/mol. The van der Waals surface area contributed by atoms with Crippen molar-refractivity contribution in [3.63, 3.8) is 0 Å². The molecule has 0 atom stereocenters. The number of halogens is 1. The number of aliphatic imine (C=N–C) groups is 1. The highest BCUT2D eigenvalue weighted by Gasteiger charge is 2.05. The Labute approximate surface area is 93.3 Å². The van der Waals surface area contributed by atoms with E-state index in [9.17, 15) is 4.39 Å². The van der Waals surface area contributed by atoms with Gasteiger partial charge in [0.05, 0.1) is 0 Å². The molecule has 1 aromatic carbocycles. The molecule has 16 heavy (non-hydrogen) atoms. The fourth-order valence-electron chi connectivity index (χ4n) is 1.41. The van der Waals surface area contributed by atoms with Gasteiger partial charge >= 0.3 is 0 Å². The molecule has 2 rings (SSSR count). The minimum Gasteiger partial charge on any atom is -0.383 e. The lowest BCUT2D eigenvalue weighted by Gasteiger charge is -2.02. The molecule has 2 nitrogen and oxygen atoms in total. The number of allylic oxidation sites excluding steroid dienone is 2. The first-order valence-electron chi connectivity index (χ1n) is 4.83. The molecule has 1 heterocycles. The van der Waals surface area contributed by atoms with Gasteiger partial charge < -0.3 is 5.73 Å². The van der Waals surface area contributed by atoms with E-state index >= 15 is 0 Å². The topological polar surface area (TPSA) is 38.4 Å². The smallest absolute Gasteiger partial charge is 0.130 e. The Kier molecular flexibility index (Phi) is 2.68. The van der Waals surface area contributed by atoms with E-state index in [-0.39, 0.29) is 5.82 Å². The minimum atomic E-state index is -0.258. The molecule has 2 N–H and O–H groups in total. The Hall–Kier alpha value is -2.16. The van der Waals surface area contributed by atoms with Crippen molar-refractivity contribution >= 4 is 11.4 Å². The average Bonchev–Trinajstić information content (AvgIpc) is 2.65. The summed E-state index contributed by atoms with van der Waals surface area (Å²) < 4.78 is 12.7. The summed E-state index contributed by atoms with van der Waals surface area (Å²) in [6.45, 7) is 3.91. The van der Waals surface area contributed by atoms with E-state index in [4.69, 9.17) is 5.73 Å². The number of nitrogens with zero attached hydrogens (tertiary/aromatic N) is 1. The van der Waals surface area contributed by atoms with Crippen molar-refractivity contribution in [3.8, 4) is 0 Å². The molecule has 80 valence electrons. The van der Waals surface area contributed by atoms with Crippen LogP contribution in [0.4, 0.5) is 4.39 Å². The van der Waals surface area contributed by atoms with E-state index in [2.05, 4.69) is 11.6 Å². The third-order valence-electron chi connectivity index (χ3n) is 2.31. The Morgan fingerprint density at radius 2 is 2.00 bits per heavy atom. The van der Waals surface area contributed by atoms with E-state index < -0.39 is 0 Å². The van der Waals surface area contributed by atoms with E-state index in [0.29, 0.717) is 5.84 Å². The second-order valence-corrected chi connectivity index (χ2v) is 3.46. The van der Waals surface area contributed by atoms with Crippen molar-refractivity contribution in [2.24, 2.45) is 10.7 Å². The third-order valence-corrected chi connectivity index (χ3v) is 2.31. The molecule has 1 aromatic rings. The molecule has 0 saturated heterocycles. The summed E-state index contributed by atoms with van der Waals surface area (Å²) in [5.41, 5.74) is 8.12. The first kappa shape index (κ1) is 10.4. The highest BCUT2D eigenvalue weighted by molar-refractivity contribution is 6.03. The number of benzene rings is 1. The highest BCUT2D eigenvalue weighted by atomic mass is 19.1. The Morgan fingerprint density at radius 1 is 1.31 bits per heavy atom. The van der Waals surface area contributed by atoms with Crippen LogP contribution >= 0.6 is 0 Å². The molecule has 0 aliphatic carbocycles. The maximum Gasteiger partial charge on any atom is 0.130 e. The van der Waals surface area contributed by atoms with Crippen molar-refractivity contribution in [3.05, 3.63) is 66.2 Å². The van der Waals surface area contributed by atoms with Crippen molar-refractivity contribution in [2.75, 3.05) is 0 Å². The molecular weight excluding hydrogens is 203 g/mol. The summed E-state index contributed by atoms with van der Waals surface area (Å²) in [5, 5.41) is 0. The molecule has 0 radical (unpaired) electrons. The van der Waals surface area contributed by atoms with Crippen LogP contribution in [0.5, 0.6) is 0 Å². The fourth-order valence-corrected chi connectivity index (χ4v) is 1.41. The Morgan fingerprint density at radius 3 is 2.56 bits per heavy atom. The predicted octanol–water partition coefficient (Wildman–Crippen LogP) is 2.65. The first-order chi connectivity index (χ1) is 7.66. The van der Waals surface area contributed by atoms with Crippen LogP contribution in [0.3, 0.4) is 0 Å². The maximum atomic E-state index is 12.7. The van der Waals surface area contributed by atoms with Crippen LogP contribution in [0, 0.1) is 5.82 Å². The van der Waals surface area contributed by atoms with Gasteiger partial charge in [-0.2, -0.15) is 0 Å². The van der Waals surface area contributed by atoms with Crippen LogP contribution in [-0.4, -0.2) is 5.84 Å². The second-order valence-electron chi connectivity index (χ2n) is 3.46. The number of rotatable bonds is 2.